The van der Waals surface area contributed by atoms with Crippen molar-refractivity contribution >= 4 is 11.8 Å². The van der Waals surface area contributed by atoms with Crippen LogP contribution in [0.2, 0.25) is 0 Å². The zero-order chi connectivity index (χ0) is 12.4. The summed E-state index contributed by atoms with van der Waals surface area (Å²) < 4.78 is 35.8. The van der Waals surface area contributed by atoms with E-state index < -0.39 is 11.6 Å². The first-order chi connectivity index (χ1) is 7.18. The Labute approximate surface area is 98.1 Å². The second kappa shape index (κ2) is 5.00. The maximum absolute atomic E-state index is 11.9. The van der Waals surface area contributed by atoms with Crippen molar-refractivity contribution in [2.24, 2.45) is 5.41 Å². The lowest BCUT2D eigenvalue weighted by atomic mass is 9.75. The van der Waals surface area contributed by atoms with Crippen molar-refractivity contribution in [1.82, 2.24) is 0 Å². The first-order valence-electron chi connectivity index (χ1n) is 5.26. The van der Waals surface area contributed by atoms with Gasteiger partial charge >= 0.3 is 5.51 Å². The SMILES string of the molecule is CC1(C)CC(CCSC(F)(F)F)=CC(O)C1. The number of thioether (sulfide) groups is 1. The zero-order valence-corrected chi connectivity index (χ0v) is 10.3. The highest BCUT2D eigenvalue weighted by molar-refractivity contribution is 8.00. The minimum Gasteiger partial charge on any atom is -0.389 e. The molecular weight excluding hydrogens is 237 g/mol. The van der Waals surface area contributed by atoms with Crippen LogP contribution in [0.15, 0.2) is 11.6 Å². The van der Waals surface area contributed by atoms with Gasteiger partial charge in [0, 0.05) is 5.75 Å². The fraction of sp³-hybridized carbons (Fsp3) is 0.818. The molecular formula is C11H17F3OS. The van der Waals surface area contributed by atoms with Crippen LogP contribution in [-0.4, -0.2) is 22.5 Å². The van der Waals surface area contributed by atoms with E-state index in [2.05, 4.69) is 0 Å². The van der Waals surface area contributed by atoms with Crippen molar-refractivity contribution in [1.29, 1.82) is 0 Å². The van der Waals surface area contributed by atoms with E-state index in [9.17, 15) is 18.3 Å². The number of hydrogen-bond donors (Lipinski definition) is 1. The molecule has 1 nitrogen and oxygen atoms in total. The van der Waals surface area contributed by atoms with Crippen LogP contribution < -0.4 is 0 Å². The van der Waals surface area contributed by atoms with Crippen molar-refractivity contribution in [3.8, 4) is 0 Å². The molecule has 94 valence electrons. The second-order valence-electron chi connectivity index (χ2n) is 4.98. The van der Waals surface area contributed by atoms with E-state index in [-0.39, 0.29) is 22.9 Å². The van der Waals surface area contributed by atoms with Gasteiger partial charge in [0.1, 0.15) is 0 Å². The van der Waals surface area contributed by atoms with E-state index in [1.165, 1.54) is 0 Å². The number of aliphatic hydroxyl groups excluding tert-OH is 1. The average Bonchev–Trinajstić information content (AvgIpc) is 1.96. The molecule has 1 atom stereocenters. The summed E-state index contributed by atoms with van der Waals surface area (Å²) in [5, 5.41) is 9.57. The van der Waals surface area contributed by atoms with Gasteiger partial charge in [-0.25, -0.2) is 0 Å². The fourth-order valence-electron chi connectivity index (χ4n) is 2.11. The quantitative estimate of drug-likeness (QED) is 0.774. The van der Waals surface area contributed by atoms with Gasteiger partial charge in [-0.3, -0.25) is 0 Å². The van der Waals surface area contributed by atoms with Crippen LogP contribution in [0.4, 0.5) is 13.2 Å². The Morgan fingerprint density at radius 3 is 2.62 bits per heavy atom. The molecule has 1 unspecified atom stereocenters. The summed E-state index contributed by atoms with van der Waals surface area (Å²) in [6.07, 6.45) is 3.08. The molecule has 0 bridgehead atoms. The molecule has 0 spiro atoms. The van der Waals surface area contributed by atoms with Crippen molar-refractivity contribution in [2.75, 3.05) is 5.75 Å². The van der Waals surface area contributed by atoms with Gasteiger partial charge in [-0.1, -0.05) is 37.3 Å². The highest BCUT2D eigenvalue weighted by Gasteiger charge is 2.30. The third kappa shape index (κ3) is 5.25. The predicted octanol–water partition coefficient (Wildman–Crippen LogP) is 3.74. The molecule has 5 heteroatoms. The average molecular weight is 254 g/mol. The number of alkyl halides is 3. The Hall–Kier alpha value is -0.160. The summed E-state index contributed by atoms with van der Waals surface area (Å²) in [7, 11) is 0. The zero-order valence-electron chi connectivity index (χ0n) is 9.47. The summed E-state index contributed by atoms with van der Waals surface area (Å²) in [5.74, 6) is 0.0398. The van der Waals surface area contributed by atoms with Gasteiger partial charge in [0.15, 0.2) is 0 Å². The molecule has 1 N–H and O–H groups in total. The van der Waals surface area contributed by atoms with Crippen molar-refractivity contribution in [3.05, 3.63) is 11.6 Å². The number of rotatable bonds is 3. The standard InChI is InChI=1S/C11H17F3OS/c1-10(2)6-8(5-9(15)7-10)3-4-16-11(12,13)14/h5,9,15H,3-4,6-7H2,1-2H3. The van der Waals surface area contributed by atoms with E-state index in [0.29, 0.717) is 12.8 Å². The lowest BCUT2D eigenvalue weighted by molar-refractivity contribution is -0.0327. The number of hydrogen-bond acceptors (Lipinski definition) is 2. The van der Waals surface area contributed by atoms with Crippen molar-refractivity contribution in [2.45, 2.75) is 44.7 Å². The number of aliphatic hydroxyl groups is 1. The second-order valence-corrected chi connectivity index (χ2v) is 6.14. The minimum atomic E-state index is -4.15. The molecule has 0 amide bonds. The highest BCUT2D eigenvalue weighted by atomic mass is 32.2. The molecule has 0 aliphatic heterocycles. The summed E-state index contributed by atoms with van der Waals surface area (Å²) in [6, 6.07) is 0. The van der Waals surface area contributed by atoms with Crippen LogP contribution >= 0.6 is 11.8 Å². The molecule has 0 aromatic rings. The molecule has 0 aromatic heterocycles. The molecule has 0 heterocycles. The molecule has 0 fully saturated rings. The maximum Gasteiger partial charge on any atom is 0.441 e. The minimum absolute atomic E-state index is 0.00612. The number of allylic oxidation sites excluding steroid dienone is 1. The van der Waals surface area contributed by atoms with E-state index in [4.69, 9.17) is 0 Å². The monoisotopic (exact) mass is 254 g/mol. The lowest BCUT2D eigenvalue weighted by Crippen LogP contribution is -2.25. The predicted molar refractivity (Wildman–Crippen MR) is 60.2 cm³/mol. The fourth-order valence-corrected chi connectivity index (χ4v) is 2.71. The van der Waals surface area contributed by atoms with Crippen LogP contribution in [0.5, 0.6) is 0 Å². The number of halogens is 3. The van der Waals surface area contributed by atoms with Gasteiger partial charge in [0.2, 0.25) is 0 Å². The molecule has 0 radical (unpaired) electrons. The molecule has 1 rings (SSSR count). The maximum atomic E-state index is 11.9. The van der Waals surface area contributed by atoms with E-state index in [1.54, 1.807) is 6.08 Å². The summed E-state index contributed by atoms with van der Waals surface area (Å²) >= 11 is 0.00612. The summed E-state index contributed by atoms with van der Waals surface area (Å²) in [4.78, 5) is 0. The third-order valence-corrected chi connectivity index (χ3v) is 3.32. The Kier molecular flexibility index (Phi) is 4.35. The summed E-state index contributed by atoms with van der Waals surface area (Å²) in [5.41, 5.74) is -3.21. The first-order valence-corrected chi connectivity index (χ1v) is 6.25. The van der Waals surface area contributed by atoms with Gasteiger partial charge in [-0.15, -0.1) is 0 Å². The molecule has 1 aliphatic carbocycles. The first kappa shape index (κ1) is 13.9. The Morgan fingerprint density at radius 2 is 2.12 bits per heavy atom. The molecule has 0 saturated heterocycles. The normalized spacial score (nSPS) is 25.4. The van der Waals surface area contributed by atoms with Crippen LogP contribution in [0.3, 0.4) is 0 Å². The van der Waals surface area contributed by atoms with Crippen LogP contribution in [0.1, 0.15) is 33.1 Å². The van der Waals surface area contributed by atoms with Gasteiger partial charge in [-0.2, -0.15) is 13.2 Å². The van der Waals surface area contributed by atoms with E-state index >= 15 is 0 Å². The topological polar surface area (TPSA) is 20.2 Å². The molecule has 1 aliphatic rings. The molecule has 0 saturated carbocycles. The van der Waals surface area contributed by atoms with Gasteiger partial charge < -0.3 is 5.11 Å². The molecule has 16 heavy (non-hydrogen) atoms. The lowest BCUT2D eigenvalue weighted by Gasteiger charge is -2.32. The van der Waals surface area contributed by atoms with Gasteiger partial charge in [0.05, 0.1) is 6.10 Å². The van der Waals surface area contributed by atoms with Crippen molar-refractivity contribution < 1.29 is 18.3 Å². The van der Waals surface area contributed by atoms with Crippen molar-refractivity contribution in [3.63, 3.8) is 0 Å². The molecule has 0 aromatic carbocycles. The van der Waals surface area contributed by atoms with E-state index in [1.807, 2.05) is 13.8 Å². The smallest absolute Gasteiger partial charge is 0.389 e. The third-order valence-electron chi connectivity index (χ3n) is 2.58. The Bertz CT molecular complexity index is 271. The van der Waals surface area contributed by atoms with E-state index in [0.717, 1.165) is 12.0 Å². The summed E-state index contributed by atoms with van der Waals surface area (Å²) in [6.45, 7) is 4.06. The largest absolute Gasteiger partial charge is 0.441 e. The van der Waals surface area contributed by atoms with Crippen LogP contribution in [0, 0.1) is 5.41 Å². The Morgan fingerprint density at radius 1 is 1.50 bits per heavy atom. The van der Waals surface area contributed by atoms with Crippen LogP contribution in [0.25, 0.3) is 0 Å². The van der Waals surface area contributed by atoms with Gasteiger partial charge in [0.25, 0.3) is 0 Å². The highest BCUT2D eigenvalue weighted by Crippen LogP contribution is 2.38. The van der Waals surface area contributed by atoms with Crippen LogP contribution in [-0.2, 0) is 0 Å². The van der Waals surface area contributed by atoms with Gasteiger partial charge in [-0.05, 0) is 24.7 Å². The Balaban J connectivity index is 2.43.